The number of guanidine groups is 1. The number of carbonyl (C=O) groups excluding carboxylic acids is 2. The minimum atomic E-state index is -0.500. The number of hydrogen-bond acceptors (Lipinski definition) is 5. The molecule has 1 aromatic rings. The fourth-order valence-electron chi connectivity index (χ4n) is 5.45. The summed E-state index contributed by atoms with van der Waals surface area (Å²) in [4.78, 5) is 27.9. The molecule has 9 heteroatoms. The topological polar surface area (TPSA) is 104 Å². The number of carbonyl (C=O) groups is 2. The molecule has 3 N–H and O–H groups in total. The van der Waals surface area contributed by atoms with Gasteiger partial charge in [0.15, 0.2) is 5.96 Å². The fraction of sp³-hybridized carbons (Fsp3) is 0.654. The standard InChI is InChI=1S/C26H37FN4O4/c1-6-26(4)14-22(32)31(24(28)30-26)20(9-10-34-5)16-12-17(16)23(33)29-19-13-25(2,3)35-21-8-7-15(27)11-18(19)21/h7-8,11,16-17,19-20H,6,9-10,12-14H2,1-5H3,(H2,28,30)(H,29,33)/t16?,17-,19?,20-,26-/m1/s1. The SMILES string of the molecule is CC[C@]1(C)CC(=O)N([C@H](CCOC)C2C[C@H]2C(=O)NC2CC(C)(C)Oc3ccc(F)cc32)C(=N)N1. The van der Waals surface area contributed by atoms with E-state index in [9.17, 15) is 14.0 Å². The minimum absolute atomic E-state index is 0.0675. The van der Waals surface area contributed by atoms with E-state index in [2.05, 4.69) is 10.6 Å². The number of hydrogen-bond donors (Lipinski definition) is 3. The van der Waals surface area contributed by atoms with E-state index in [4.69, 9.17) is 14.9 Å². The van der Waals surface area contributed by atoms with E-state index in [1.54, 1.807) is 13.2 Å². The highest BCUT2D eigenvalue weighted by atomic mass is 19.1. The summed E-state index contributed by atoms with van der Waals surface area (Å²) in [5, 5.41) is 14.9. The average molecular weight is 489 g/mol. The van der Waals surface area contributed by atoms with Crippen LogP contribution in [0.1, 0.15) is 71.4 Å². The molecule has 192 valence electrons. The lowest BCUT2D eigenvalue weighted by Crippen LogP contribution is -2.63. The first-order valence-corrected chi connectivity index (χ1v) is 12.4. The molecule has 3 aliphatic rings. The lowest BCUT2D eigenvalue weighted by molar-refractivity contribution is -0.133. The number of ether oxygens (including phenoxy) is 2. The van der Waals surface area contributed by atoms with Crippen LogP contribution in [-0.4, -0.2) is 53.6 Å². The fourth-order valence-corrected chi connectivity index (χ4v) is 5.45. The van der Waals surface area contributed by atoms with Gasteiger partial charge in [0.05, 0.1) is 12.5 Å². The van der Waals surface area contributed by atoms with Gasteiger partial charge in [-0.1, -0.05) is 6.92 Å². The van der Waals surface area contributed by atoms with Gasteiger partial charge >= 0.3 is 0 Å². The molecule has 5 atom stereocenters. The molecule has 0 radical (unpaired) electrons. The average Bonchev–Trinajstić information content (AvgIpc) is 3.56. The van der Waals surface area contributed by atoms with Crippen LogP contribution >= 0.6 is 0 Å². The van der Waals surface area contributed by atoms with E-state index in [0.29, 0.717) is 43.6 Å². The maximum atomic E-state index is 14.0. The van der Waals surface area contributed by atoms with E-state index < -0.39 is 11.1 Å². The summed E-state index contributed by atoms with van der Waals surface area (Å²) in [7, 11) is 1.60. The van der Waals surface area contributed by atoms with Gasteiger partial charge in [0.2, 0.25) is 11.8 Å². The second kappa shape index (κ2) is 9.41. The Morgan fingerprint density at radius 1 is 1.40 bits per heavy atom. The number of rotatable bonds is 8. The number of fused-ring (bicyclic) bond motifs is 1. The molecule has 2 unspecified atom stereocenters. The van der Waals surface area contributed by atoms with Gasteiger partial charge in [0.1, 0.15) is 17.2 Å². The third kappa shape index (κ3) is 5.29. The maximum Gasteiger partial charge on any atom is 0.231 e. The lowest BCUT2D eigenvalue weighted by atomic mass is 9.89. The van der Waals surface area contributed by atoms with Crippen molar-refractivity contribution in [3.63, 3.8) is 0 Å². The number of halogens is 1. The number of amides is 2. The van der Waals surface area contributed by atoms with Gasteiger partial charge in [0.25, 0.3) is 0 Å². The Labute approximate surface area is 206 Å². The van der Waals surface area contributed by atoms with E-state index in [-0.39, 0.29) is 47.5 Å². The Balaban J connectivity index is 1.49. The Hall–Kier alpha value is -2.68. The second-order valence-corrected chi connectivity index (χ2v) is 11.0. The molecule has 35 heavy (non-hydrogen) atoms. The molecule has 0 spiro atoms. The molecule has 4 rings (SSSR count). The highest BCUT2D eigenvalue weighted by molar-refractivity contribution is 5.99. The second-order valence-electron chi connectivity index (χ2n) is 11.0. The first-order valence-electron chi connectivity index (χ1n) is 12.4. The van der Waals surface area contributed by atoms with Crippen molar-refractivity contribution in [1.82, 2.24) is 15.5 Å². The molecule has 1 aromatic carbocycles. The van der Waals surface area contributed by atoms with Gasteiger partial charge < -0.3 is 20.1 Å². The largest absolute Gasteiger partial charge is 0.487 e. The van der Waals surface area contributed by atoms with Crippen LogP contribution in [0.5, 0.6) is 5.75 Å². The summed E-state index contributed by atoms with van der Waals surface area (Å²) in [5.74, 6) is -0.256. The van der Waals surface area contributed by atoms with Crippen molar-refractivity contribution in [3.8, 4) is 5.75 Å². The van der Waals surface area contributed by atoms with Gasteiger partial charge in [0, 0.05) is 43.2 Å². The summed E-state index contributed by atoms with van der Waals surface area (Å²) in [6.45, 7) is 8.27. The smallest absolute Gasteiger partial charge is 0.231 e. The van der Waals surface area contributed by atoms with Crippen molar-refractivity contribution in [2.75, 3.05) is 13.7 Å². The molecule has 8 nitrogen and oxygen atoms in total. The Morgan fingerprint density at radius 3 is 2.80 bits per heavy atom. The van der Waals surface area contributed by atoms with Crippen LogP contribution in [0, 0.1) is 23.1 Å². The zero-order valence-electron chi connectivity index (χ0n) is 21.2. The van der Waals surface area contributed by atoms with Gasteiger partial charge in [-0.25, -0.2) is 4.39 Å². The molecule has 0 aromatic heterocycles. The highest BCUT2D eigenvalue weighted by Crippen LogP contribution is 2.47. The molecule has 1 saturated carbocycles. The van der Waals surface area contributed by atoms with Crippen molar-refractivity contribution in [2.24, 2.45) is 11.8 Å². The van der Waals surface area contributed by atoms with Crippen LogP contribution in [-0.2, 0) is 14.3 Å². The summed E-state index contributed by atoms with van der Waals surface area (Å²) in [5.41, 5.74) is -0.295. The third-order valence-corrected chi connectivity index (χ3v) is 7.62. The summed E-state index contributed by atoms with van der Waals surface area (Å²) in [6, 6.07) is 3.73. The van der Waals surface area contributed by atoms with E-state index in [0.717, 1.165) is 6.42 Å². The quantitative estimate of drug-likeness (QED) is 0.520. The molecular weight excluding hydrogens is 451 g/mol. The van der Waals surface area contributed by atoms with Gasteiger partial charge in [-0.15, -0.1) is 0 Å². The summed E-state index contributed by atoms with van der Waals surface area (Å²) >= 11 is 0. The van der Waals surface area contributed by atoms with Crippen LogP contribution < -0.4 is 15.4 Å². The number of nitrogens with one attached hydrogen (secondary N) is 3. The van der Waals surface area contributed by atoms with Crippen molar-refractivity contribution in [1.29, 1.82) is 5.41 Å². The van der Waals surface area contributed by atoms with Gasteiger partial charge in [-0.05, 0) is 64.2 Å². The van der Waals surface area contributed by atoms with Crippen molar-refractivity contribution in [2.45, 2.75) is 83.0 Å². The third-order valence-electron chi connectivity index (χ3n) is 7.62. The number of benzene rings is 1. The van der Waals surface area contributed by atoms with Crippen LogP contribution in [0.3, 0.4) is 0 Å². The lowest BCUT2D eigenvalue weighted by Gasteiger charge is -2.43. The molecule has 0 bridgehead atoms. The normalized spacial score (nSPS) is 30.1. The first kappa shape index (κ1) is 25.4. The monoisotopic (exact) mass is 488 g/mol. The van der Waals surface area contributed by atoms with Crippen LogP contribution in [0.2, 0.25) is 0 Å². The molecule has 2 aliphatic heterocycles. The summed E-state index contributed by atoms with van der Waals surface area (Å²) < 4.78 is 25.2. The molecule has 2 fully saturated rings. The summed E-state index contributed by atoms with van der Waals surface area (Å²) in [6.07, 6.45) is 2.73. The molecule has 1 aliphatic carbocycles. The molecule has 1 saturated heterocycles. The zero-order chi connectivity index (χ0) is 25.5. The van der Waals surface area contributed by atoms with Crippen molar-refractivity contribution in [3.05, 3.63) is 29.6 Å². The van der Waals surface area contributed by atoms with Gasteiger partial charge in [-0.3, -0.25) is 19.9 Å². The predicted molar refractivity (Wildman–Crippen MR) is 130 cm³/mol. The Morgan fingerprint density at radius 2 is 2.14 bits per heavy atom. The molecule has 2 amide bonds. The van der Waals surface area contributed by atoms with Crippen LogP contribution in [0.25, 0.3) is 0 Å². The number of nitrogens with zero attached hydrogens (tertiary/aromatic N) is 1. The van der Waals surface area contributed by atoms with Crippen LogP contribution in [0.15, 0.2) is 18.2 Å². The van der Waals surface area contributed by atoms with Crippen molar-refractivity contribution >= 4 is 17.8 Å². The predicted octanol–water partition coefficient (Wildman–Crippen LogP) is 3.51. The first-order chi connectivity index (χ1) is 16.5. The van der Waals surface area contributed by atoms with E-state index in [1.165, 1.54) is 17.0 Å². The van der Waals surface area contributed by atoms with Gasteiger partial charge in [-0.2, -0.15) is 0 Å². The molecule has 2 heterocycles. The highest BCUT2D eigenvalue weighted by Gasteiger charge is 2.53. The Bertz CT molecular complexity index is 995. The minimum Gasteiger partial charge on any atom is -0.487 e. The van der Waals surface area contributed by atoms with E-state index >= 15 is 0 Å². The maximum absolute atomic E-state index is 14.0. The van der Waals surface area contributed by atoms with Crippen LogP contribution in [0.4, 0.5) is 4.39 Å². The van der Waals surface area contributed by atoms with E-state index in [1.807, 2.05) is 27.7 Å². The number of methoxy groups -OCH3 is 1. The molecular formula is C26H37FN4O4. The Kier molecular flexibility index (Phi) is 6.83. The zero-order valence-corrected chi connectivity index (χ0v) is 21.2. The van der Waals surface area contributed by atoms with Crippen molar-refractivity contribution < 1.29 is 23.5 Å².